The van der Waals surface area contributed by atoms with E-state index in [1.54, 1.807) is 28.6 Å². The highest BCUT2D eigenvalue weighted by Gasteiger charge is 2.37. The molecule has 1 aliphatic heterocycles. The normalized spacial score (nSPS) is 17.0. The second-order valence-electron chi connectivity index (χ2n) is 8.70. The Hall–Kier alpha value is -2.95. The zero-order chi connectivity index (χ0) is 23.4. The van der Waals surface area contributed by atoms with Gasteiger partial charge in [-0.3, -0.25) is 0 Å². The van der Waals surface area contributed by atoms with E-state index < -0.39 is 10.0 Å². The van der Waals surface area contributed by atoms with Crippen molar-refractivity contribution in [3.63, 3.8) is 0 Å². The third kappa shape index (κ3) is 4.87. The third-order valence-electron chi connectivity index (χ3n) is 6.32. The maximum atomic E-state index is 13.7. The third-order valence-corrected chi connectivity index (χ3v) is 8.24. The standard InChI is InChI=1S/C29H31NO2S/c1-4-9-28-27(12-8-21-30(28)33(31,32)26-10-6-5-7-11-26)29(24-17-13-22(2)14-18-24)25-19-15-23(3)16-20-25/h4-7,10-11,13-20,28H,1,8-9,12,21H2,2-3H3. The molecule has 4 heteroatoms. The van der Waals surface area contributed by atoms with Crippen LogP contribution >= 0.6 is 0 Å². The zero-order valence-corrected chi connectivity index (χ0v) is 20.2. The van der Waals surface area contributed by atoms with Crippen molar-refractivity contribution in [2.75, 3.05) is 6.54 Å². The minimum absolute atomic E-state index is 0.265. The highest BCUT2D eigenvalue weighted by molar-refractivity contribution is 7.89. The van der Waals surface area contributed by atoms with E-state index in [9.17, 15) is 8.42 Å². The minimum atomic E-state index is -3.63. The van der Waals surface area contributed by atoms with E-state index in [0.717, 1.165) is 35.1 Å². The molecule has 3 aromatic rings. The summed E-state index contributed by atoms with van der Waals surface area (Å²) >= 11 is 0. The predicted molar refractivity (Wildman–Crippen MR) is 137 cm³/mol. The lowest BCUT2D eigenvalue weighted by Crippen LogP contribution is -2.45. The van der Waals surface area contributed by atoms with Gasteiger partial charge in [0.25, 0.3) is 0 Å². The molecule has 1 heterocycles. The van der Waals surface area contributed by atoms with E-state index in [1.807, 2.05) is 12.1 Å². The highest BCUT2D eigenvalue weighted by Crippen LogP contribution is 2.38. The van der Waals surface area contributed by atoms with Crippen molar-refractivity contribution in [3.05, 3.63) is 119 Å². The Morgan fingerprint density at radius 2 is 1.45 bits per heavy atom. The predicted octanol–water partition coefficient (Wildman–Crippen LogP) is 6.53. The van der Waals surface area contributed by atoms with Crippen LogP contribution < -0.4 is 0 Å². The molecule has 3 aromatic carbocycles. The van der Waals surface area contributed by atoms with Crippen LogP contribution in [0.15, 0.2) is 102 Å². The second-order valence-corrected chi connectivity index (χ2v) is 10.6. The fourth-order valence-electron chi connectivity index (χ4n) is 4.62. The highest BCUT2D eigenvalue weighted by atomic mass is 32.2. The summed E-state index contributed by atoms with van der Waals surface area (Å²) in [5.41, 5.74) is 6.93. The Bertz CT molecular complexity index is 1190. The van der Waals surface area contributed by atoms with Gasteiger partial charge in [-0.15, -0.1) is 6.58 Å². The summed E-state index contributed by atoms with van der Waals surface area (Å²) in [5.74, 6) is 0. The minimum Gasteiger partial charge on any atom is -0.207 e. The molecule has 1 saturated heterocycles. The molecule has 0 amide bonds. The van der Waals surface area contributed by atoms with Crippen LogP contribution in [-0.4, -0.2) is 25.3 Å². The first-order chi connectivity index (χ1) is 15.9. The number of rotatable bonds is 6. The number of piperidine rings is 1. The van der Waals surface area contributed by atoms with Gasteiger partial charge in [0.05, 0.1) is 10.9 Å². The molecule has 0 N–H and O–H groups in total. The molecule has 4 rings (SSSR count). The van der Waals surface area contributed by atoms with E-state index in [4.69, 9.17) is 0 Å². The lowest BCUT2D eigenvalue weighted by atomic mass is 9.84. The number of nitrogens with zero attached hydrogens (tertiary/aromatic N) is 1. The van der Waals surface area contributed by atoms with E-state index >= 15 is 0 Å². The maximum Gasteiger partial charge on any atom is 0.243 e. The molecule has 1 fully saturated rings. The summed E-state index contributed by atoms with van der Waals surface area (Å²) in [5, 5.41) is 0. The molecule has 0 saturated carbocycles. The number of benzene rings is 3. The van der Waals surface area contributed by atoms with Gasteiger partial charge >= 0.3 is 0 Å². The van der Waals surface area contributed by atoms with Crippen LogP contribution in [0.25, 0.3) is 5.57 Å². The van der Waals surface area contributed by atoms with Crippen LogP contribution in [0.3, 0.4) is 0 Å². The summed E-state index contributed by atoms with van der Waals surface area (Å²) in [4.78, 5) is 0.340. The number of hydrogen-bond acceptors (Lipinski definition) is 2. The van der Waals surface area contributed by atoms with Gasteiger partial charge in [-0.1, -0.05) is 83.9 Å². The van der Waals surface area contributed by atoms with Gasteiger partial charge in [0.2, 0.25) is 10.0 Å². The van der Waals surface area contributed by atoms with Crippen LogP contribution in [0.5, 0.6) is 0 Å². The molecule has 1 aliphatic rings. The van der Waals surface area contributed by atoms with Gasteiger partial charge in [-0.2, -0.15) is 4.31 Å². The molecular weight excluding hydrogens is 426 g/mol. The molecule has 170 valence electrons. The molecule has 0 spiro atoms. The van der Waals surface area contributed by atoms with Crippen LogP contribution in [0.4, 0.5) is 0 Å². The van der Waals surface area contributed by atoms with Crippen molar-refractivity contribution in [2.45, 2.75) is 44.0 Å². The molecule has 0 bridgehead atoms. The first kappa shape index (κ1) is 23.2. The van der Waals surface area contributed by atoms with Crippen molar-refractivity contribution >= 4 is 15.6 Å². The van der Waals surface area contributed by atoms with Gasteiger partial charge in [-0.05, 0) is 67.5 Å². The average Bonchev–Trinajstić information content (AvgIpc) is 2.83. The number of sulfonamides is 1. The molecular formula is C29H31NO2S. The summed E-state index contributed by atoms with van der Waals surface area (Å²) < 4.78 is 29.0. The Balaban J connectivity index is 1.91. The lowest BCUT2D eigenvalue weighted by Gasteiger charge is -2.38. The molecule has 33 heavy (non-hydrogen) atoms. The monoisotopic (exact) mass is 457 g/mol. The number of hydrogen-bond donors (Lipinski definition) is 0. The molecule has 3 nitrogen and oxygen atoms in total. The van der Waals surface area contributed by atoms with E-state index in [-0.39, 0.29) is 6.04 Å². The summed E-state index contributed by atoms with van der Waals surface area (Å²) in [6, 6.07) is 25.6. The fourth-order valence-corrected chi connectivity index (χ4v) is 6.31. The van der Waals surface area contributed by atoms with E-state index in [1.165, 1.54) is 11.1 Å². The van der Waals surface area contributed by atoms with Gasteiger partial charge in [-0.25, -0.2) is 8.42 Å². The summed E-state index contributed by atoms with van der Waals surface area (Å²) in [6.07, 6.45) is 4.06. The Morgan fingerprint density at radius 3 is 1.97 bits per heavy atom. The van der Waals surface area contributed by atoms with Crippen molar-refractivity contribution in [1.82, 2.24) is 4.31 Å². The van der Waals surface area contributed by atoms with Gasteiger partial charge in [0.1, 0.15) is 0 Å². The Morgan fingerprint density at radius 1 is 0.909 bits per heavy atom. The van der Waals surface area contributed by atoms with Gasteiger partial charge in [0.15, 0.2) is 0 Å². The fraction of sp³-hybridized carbons (Fsp3) is 0.241. The van der Waals surface area contributed by atoms with Gasteiger partial charge < -0.3 is 0 Å². The van der Waals surface area contributed by atoms with Gasteiger partial charge in [0, 0.05) is 6.54 Å². The van der Waals surface area contributed by atoms with Crippen molar-refractivity contribution in [2.24, 2.45) is 0 Å². The number of aryl methyl sites for hydroxylation is 2. The topological polar surface area (TPSA) is 37.4 Å². The smallest absolute Gasteiger partial charge is 0.207 e. The zero-order valence-electron chi connectivity index (χ0n) is 19.4. The van der Waals surface area contributed by atoms with Crippen molar-refractivity contribution in [1.29, 1.82) is 0 Å². The lowest BCUT2D eigenvalue weighted by molar-refractivity contribution is 0.311. The van der Waals surface area contributed by atoms with Crippen LogP contribution in [-0.2, 0) is 10.0 Å². The molecule has 1 atom stereocenters. The second kappa shape index (κ2) is 9.90. The molecule has 0 radical (unpaired) electrons. The Kier molecular flexibility index (Phi) is 6.96. The van der Waals surface area contributed by atoms with E-state index in [0.29, 0.717) is 17.9 Å². The van der Waals surface area contributed by atoms with Crippen molar-refractivity contribution < 1.29 is 8.42 Å². The summed E-state index contributed by atoms with van der Waals surface area (Å²) in [7, 11) is -3.63. The molecule has 1 unspecified atom stereocenters. The van der Waals surface area contributed by atoms with E-state index in [2.05, 4.69) is 69.0 Å². The molecule has 0 aliphatic carbocycles. The average molecular weight is 458 g/mol. The van der Waals surface area contributed by atoms with Crippen LogP contribution in [0.2, 0.25) is 0 Å². The largest absolute Gasteiger partial charge is 0.243 e. The first-order valence-corrected chi connectivity index (χ1v) is 12.9. The first-order valence-electron chi connectivity index (χ1n) is 11.5. The maximum absolute atomic E-state index is 13.7. The SMILES string of the molecule is C=CCC1C(=C(c2ccc(C)cc2)c2ccc(C)cc2)CCCN1S(=O)(=O)c1ccccc1. The quantitative estimate of drug-likeness (QED) is 0.394. The van der Waals surface area contributed by atoms with Crippen LogP contribution in [0, 0.1) is 13.8 Å². The summed E-state index contributed by atoms with van der Waals surface area (Å²) in [6.45, 7) is 8.63. The molecule has 0 aromatic heterocycles. The Labute approximate surface area is 198 Å². The van der Waals surface area contributed by atoms with Crippen molar-refractivity contribution in [3.8, 4) is 0 Å². The van der Waals surface area contributed by atoms with Crippen LogP contribution in [0.1, 0.15) is 41.5 Å².